The number of aromatic nitrogens is 1. The number of pyridine rings is 1. The standard InChI is InChI=1S/C17H21N3O/c1-12(2)18-11-14-7-9-15(10-8-14)20-17(21)16-6-4-5-13(3)19-16/h4-10,12,18H,11H2,1-3H3,(H,20,21). The van der Waals surface area contributed by atoms with Gasteiger partial charge in [-0.05, 0) is 36.8 Å². The number of anilines is 1. The van der Waals surface area contributed by atoms with Crippen molar-refractivity contribution in [3.63, 3.8) is 0 Å². The molecule has 0 saturated heterocycles. The number of carbonyl (C=O) groups excluding carboxylic acids is 1. The van der Waals surface area contributed by atoms with Gasteiger partial charge in [-0.15, -0.1) is 0 Å². The fourth-order valence-corrected chi connectivity index (χ4v) is 1.89. The van der Waals surface area contributed by atoms with Crippen LogP contribution in [-0.4, -0.2) is 16.9 Å². The van der Waals surface area contributed by atoms with Gasteiger partial charge in [-0.1, -0.05) is 32.0 Å². The number of benzene rings is 1. The lowest BCUT2D eigenvalue weighted by atomic mass is 10.2. The lowest BCUT2D eigenvalue weighted by molar-refractivity contribution is 0.102. The number of rotatable bonds is 5. The van der Waals surface area contributed by atoms with Crippen LogP contribution in [0.2, 0.25) is 0 Å². The third kappa shape index (κ3) is 4.68. The number of amides is 1. The summed E-state index contributed by atoms with van der Waals surface area (Å²) in [5.41, 5.74) is 3.23. The lowest BCUT2D eigenvalue weighted by Crippen LogP contribution is -2.21. The molecule has 1 amide bonds. The summed E-state index contributed by atoms with van der Waals surface area (Å²) in [6, 6.07) is 13.7. The molecule has 110 valence electrons. The lowest BCUT2D eigenvalue weighted by Gasteiger charge is -2.09. The van der Waals surface area contributed by atoms with Crippen molar-refractivity contribution < 1.29 is 4.79 Å². The summed E-state index contributed by atoms with van der Waals surface area (Å²) in [4.78, 5) is 16.3. The summed E-state index contributed by atoms with van der Waals surface area (Å²) < 4.78 is 0. The molecule has 4 nitrogen and oxygen atoms in total. The monoisotopic (exact) mass is 283 g/mol. The zero-order chi connectivity index (χ0) is 15.2. The Morgan fingerprint density at radius 1 is 1.14 bits per heavy atom. The van der Waals surface area contributed by atoms with Gasteiger partial charge in [0.25, 0.3) is 5.91 Å². The van der Waals surface area contributed by atoms with E-state index in [0.29, 0.717) is 11.7 Å². The van der Waals surface area contributed by atoms with E-state index in [-0.39, 0.29) is 5.91 Å². The maximum Gasteiger partial charge on any atom is 0.274 e. The van der Waals surface area contributed by atoms with Crippen LogP contribution in [0.1, 0.15) is 35.6 Å². The average molecular weight is 283 g/mol. The zero-order valence-electron chi connectivity index (χ0n) is 12.7. The van der Waals surface area contributed by atoms with Crippen molar-refractivity contribution in [2.45, 2.75) is 33.4 Å². The molecular formula is C17H21N3O. The highest BCUT2D eigenvalue weighted by atomic mass is 16.1. The fraction of sp³-hybridized carbons (Fsp3) is 0.294. The molecule has 2 rings (SSSR count). The van der Waals surface area contributed by atoms with E-state index < -0.39 is 0 Å². The summed E-state index contributed by atoms with van der Waals surface area (Å²) >= 11 is 0. The third-order valence-electron chi connectivity index (χ3n) is 3.05. The number of carbonyl (C=O) groups is 1. The quantitative estimate of drug-likeness (QED) is 0.886. The van der Waals surface area contributed by atoms with Crippen molar-refractivity contribution in [1.29, 1.82) is 0 Å². The van der Waals surface area contributed by atoms with Crippen molar-refractivity contribution in [2.75, 3.05) is 5.32 Å². The topological polar surface area (TPSA) is 54.0 Å². The normalized spacial score (nSPS) is 10.7. The van der Waals surface area contributed by atoms with Crippen LogP contribution >= 0.6 is 0 Å². The van der Waals surface area contributed by atoms with Crippen LogP contribution in [0, 0.1) is 6.92 Å². The van der Waals surface area contributed by atoms with Gasteiger partial charge in [-0.2, -0.15) is 0 Å². The SMILES string of the molecule is Cc1cccc(C(=O)Nc2ccc(CNC(C)C)cc2)n1. The Balaban J connectivity index is 1.98. The Hall–Kier alpha value is -2.20. The van der Waals surface area contributed by atoms with Crippen LogP contribution in [0.4, 0.5) is 5.69 Å². The molecule has 0 fully saturated rings. The first kappa shape index (κ1) is 15.2. The minimum atomic E-state index is -0.188. The van der Waals surface area contributed by atoms with Crippen molar-refractivity contribution in [3.8, 4) is 0 Å². The van der Waals surface area contributed by atoms with Crippen molar-refractivity contribution in [3.05, 3.63) is 59.4 Å². The summed E-state index contributed by atoms with van der Waals surface area (Å²) in [7, 11) is 0. The van der Waals surface area contributed by atoms with Gasteiger partial charge in [0, 0.05) is 24.0 Å². The van der Waals surface area contributed by atoms with Gasteiger partial charge < -0.3 is 10.6 Å². The second-order valence-electron chi connectivity index (χ2n) is 5.35. The van der Waals surface area contributed by atoms with Crippen LogP contribution in [0.25, 0.3) is 0 Å². The number of hydrogen-bond donors (Lipinski definition) is 2. The van der Waals surface area contributed by atoms with E-state index in [1.165, 1.54) is 5.56 Å². The van der Waals surface area contributed by atoms with Gasteiger partial charge in [0.05, 0.1) is 0 Å². The molecule has 0 aliphatic rings. The van der Waals surface area contributed by atoms with Crippen LogP contribution in [0.5, 0.6) is 0 Å². The Kier molecular flexibility index (Phi) is 5.06. The van der Waals surface area contributed by atoms with Crippen LogP contribution in [0.3, 0.4) is 0 Å². The van der Waals surface area contributed by atoms with E-state index in [1.807, 2.05) is 43.3 Å². The van der Waals surface area contributed by atoms with E-state index in [4.69, 9.17) is 0 Å². The highest BCUT2D eigenvalue weighted by molar-refractivity contribution is 6.02. The fourth-order valence-electron chi connectivity index (χ4n) is 1.89. The molecule has 2 aromatic rings. The maximum absolute atomic E-state index is 12.1. The number of hydrogen-bond acceptors (Lipinski definition) is 3. The van der Waals surface area contributed by atoms with Gasteiger partial charge in [-0.3, -0.25) is 4.79 Å². The first-order valence-electron chi connectivity index (χ1n) is 7.12. The highest BCUT2D eigenvalue weighted by Gasteiger charge is 2.07. The molecule has 1 heterocycles. The van der Waals surface area contributed by atoms with E-state index in [1.54, 1.807) is 6.07 Å². The molecule has 1 aromatic carbocycles. The molecular weight excluding hydrogens is 262 g/mol. The molecule has 0 bridgehead atoms. The average Bonchev–Trinajstić information content (AvgIpc) is 2.46. The van der Waals surface area contributed by atoms with Gasteiger partial charge in [-0.25, -0.2) is 4.98 Å². The molecule has 0 radical (unpaired) electrons. The largest absolute Gasteiger partial charge is 0.321 e. The molecule has 4 heteroatoms. The molecule has 2 N–H and O–H groups in total. The molecule has 0 unspecified atom stereocenters. The predicted octanol–water partition coefficient (Wildman–Crippen LogP) is 3.14. The molecule has 0 spiro atoms. The maximum atomic E-state index is 12.1. The minimum Gasteiger partial charge on any atom is -0.321 e. The van der Waals surface area contributed by atoms with Gasteiger partial charge in [0.1, 0.15) is 5.69 Å². The van der Waals surface area contributed by atoms with Crippen molar-refractivity contribution in [2.24, 2.45) is 0 Å². The van der Waals surface area contributed by atoms with Gasteiger partial charge in [0.15, 0.2) is 0 Å². The Labute approximate surface area is 125 Å². The summed E-state index contributed by atoms with van der Waals surface area (Å²) in [5, 5.41) is 6.21. The molecule has 21 heavy (non-hydrogen) atoms. The second-order valence-corrected chi connectivity index (χ2v) is 5.35. The zero-order valence-corrected chi connectivity index (χ0v) is 12.7. The molecule has 1 aromatic heterocycles. The molecule has 0 saturated carbocycles. The van der Waals surface area contributed by atoms with E-state index in [9.17, 15) is 4.79 Å². The first-order chi connectivity index (χ1) is 10.0. The Bertz CT molecular complexity index is 606. The molecule has 0 aliphatic heterocycles. The van der Waals surface area contributed by atoms with E-state index in [0.717, 1.165) is 17.9 Å². The minimum absolute atomic E-state index is 0.188. The number of nitrogens with zero attached hydrogens (tertiary/aromatic N) is 1. The van der Waals surface area contributed by atoms with E-state index in [2.05, 4.69) is 29.5 Å². The smallest absolute Gasteiger partial charge is 0.274 e. The molecule has 0 atom stereocenters. The predicted molar refractivity (Wildman–Crippen MR) is 85.3 cm³/mol. The number of aryl methyl sites for hydroxylation is 1. The molecule has 0 aliphatic carbocycles. The Morgan fingerprint density at radius 2 is 1.86 bits per heavy atom. The van der Waals surface area contributed by atoms with Crippen molar-refractivity contribution >= 4 is 11.6 Å². The summed E-state index contributed by atoms with van der Waals surface area (Å²) in [6.45, 7) is 6.92. The van der Waals surface area contributed by atoms with E-state index >= 15 is 0 Å². The van der Waals surface area contributed by atoms with Gasteiger partial charge in [0.2, 0.25) is 0 Å². The van der Waals surface area contributed by atoms with Crippen molar-refractivity contribution in [1.82, 2.24) is 10.3 Å². The van der Waals surface area contributed by atoms with Crippen LogP contribution in [0.15, 0.2) is 42.5 Å². The van der Waals surface area contributed by atoms with Crippen LogP contribution < -0.4 is 10.6 Å². The van der Waals surface area contributed by atoms with Crippen LogP contribution in [-0.2, 0) is 6.54 Å². The third-order valence-corrected chi connectivity index (χ3v) is 3.05. The highest BCUT2D eigenvalue weighted by Crippen LogP contribution is 2.11. The van der Waals surface area contributed by atoms with Gasteiger partial charge >= 0.3 is 0 Å². The Morgan fingerprint density at radius 3 is 2.48 bits per heavy atom. The number of nitrogens with one attached hydrogen (secondary N) is 2. The second kappa shape index (κ2) is 6.99. The summed E-state index contributed by atoms with van der Waals surface area (Å²) in [5.74, 6) is -0.188. The first-order valence-corrected chi connectivity index (χ1v) is 7.12. The summed E-state index contributed by atoms with van der Waals surface area (Å²) in [6.07, 6.45) is 0.